The van der Waals surface area contributed by atoms with Crippen LogP contribution in [0.3, 0.4) is 0 Å². The van der Waals surface area contributed by atoms with Crippen LogP contribution < -0.4 is 10.8 Å². The molecule has 0 spiro atoms. The Kier molecular flexibility index (Phi) is 8.34. The van der Waals surface area contributed by atoms with Crippen LogP contribution in [0.2, 0.25) is 0 Å². The predicted octanol–water partition coefficient (Wildman–Crippen LogP) is 3.88. The molecule has 0 aliphatic rings. The summed E-state index contributed by atoms with van der Waals surface area (Å²) in [7, 11) is 0. The molecule has 2 amide bonds. The first-order valence-electron chi connectivity index (χ1n) is 8.81. The molecule has 10 heteroatoms. The maximum Gasteiger partial charge on any atom is 0.416 e. The summed E-state index contributed by atoms with van der Waals surface area (Å²) in [5.41, 5.74) is 1.33. The standard InChI is InChI=1S/C19H20F3N3O3S/c20-19(21,22)14-7-5-13(6-8-14)15(12-17-23-10-11-29-17)18(27)24-9-3-1-2-4-16(26)25-28/h5-8,10-12,28H,1-4,9H2,(H,24,27)(H,25,26)/b15-12+. The maximum absolute atomic E-state index is 12.8. The lowest BCUT2D eigenvalue weighted by atomic mass is 10.0. The van der Waals surface area contributed by atoms with Crippen molar-refractivity contribution in [3.63, 3.8) is 0 Å². The highest BCUT2D eigenvalue weighted by Gasteiger charge is 2.30. The Morgan fingerprint density at radius 1 is 1.14 bits per heavy atom. The molecule has 3 N–H and O–H groups in total. The summed E-state index contributed by atoms with van der Waals surface area (Å²) in [6.45, 7) is 0.343. The van der Waals surface area contributed by atoms with E-state index in [1.54, 1.807) is 17.1 Å². The number of rotatable bonds is 9. The highest BCUT2D eigenvalue weighted by molar-refractivity contribution is 7.10. The van der Waals surface area contributed by atoms with Gasteiger partial charge in [-0.15, -0.1) is 11.3 Å². The third kappa shape index (κ3) is 7.31. The first kappa shape index (κ1) is 22.6. The fourth-order valence-corrected chi connectivity index (χ4v) is 3.06. The van der Waals surface area contributed by atoms with Gasteiger partial charge in [0.1, 0.15) is 5.01 Å². The van der Waals surface area contributed by atoms with Gasteiger partial charge in [-0.25, -0.2) is 10.5 Å². The number of amides is 2. The van der Waals surface area contributed by atoms with Crippen LogP contribution >= 0.6 is 11.3 Å². The van der Waals surface area contributed by atoms with E-state index in [0.29, 0.717) is 36.4 Å². The fraction of sp³-hybridized carbons (Fsp3) is 0.316. The summed E-state index contributed by atoms with van der Waals surface area (Å²) in [6.07, 6.45) is 0.679. The van der Waals surface area contributed by atoms with Crippen LogP contribution in [-0.4, -0.2) is 28.6 Å². The lowest BCUT2D eigenvalue weighted by Crippen LogP contribution is -2.25. The van der Waals surface area contributed by atoms with Crippen molar-refractivity contribution in [3.8, 4) is 0 Å². The van der Waals surface area contributed by atoms with E-state index in [0.717, 1.165) is 12.1 Å². The van der Waals surface area contributed by atoms with Crippen LogP contribution in [0.1, 0.15) is 41.8 Å². The Morgan fingerprint density at radius 3 is 2.45 bits per heavy atom. The first-order chi connectivity index (χ1) is 13.8. The van der Waals surface area contributed by atoms with Gasteiger partial charge in [-0.3, -0.25) is 14.8 Å². The SMILES string of the molecule is O=C(CCCCCNC(=O)/C(=C/c1nccs1)c1ccc(C(F)(F)F)cc1)NO. The molecule has 0 aliphatic carbocycles. The van der Waals surface area contributed by atoms with Crippen molar-refractivity contribution in [2.45, 2.75) is 31.9 Å². The number of hydrogen-bond acceptors (Lipinski definition) is 5. The summed E-state index contributed by atoms with van der Waals surface area (Å²) in [5.74, 6) is -0.891. The van der Waals surface area contributed by atoms with Crippen LogP contribution in [0.4, 0.5) is 13.2 Å². The van der Waals surface area contributed by atoms with E-state index >= 15 is 0 Å². The molecule has 2 aromatic rings. The third-order valence-corrected chi connectivity index (χ3v) is 4.70. The quantitative estimate of drug-likeness (QED) is 0.245. The molecule has 1 aromatic carbocycles. The number of carbonyl (C=O) groups excluding carboxylic acids is 2. The van der Waals surface area contributed by atoms with Crippen molar-refractivity contribution >= 4 is 34.8 Å². The Hall–Kier alpha value is -2.72. The van der Waals surface area contributed by atoms with Gasteiger partial charge in [-0.05, 0) is 36.6 Å². The number of carbonyl (C=O) groups is 2. The van der Waals surface area contributed by atoms with Crippen molar-refractivity contribution < 1.29 is 28.0 Å². The van der Waals surface area contributed by atoms with Crippen LogP contribution in [0, 0.1) is 0 Å². The zero-order chi connectivity index (χ0) is 21.3. The van der Waals surface area contributed by atoms with Gasteiger partial charge in [0.05, 0.1) is 5.56 Å². The monoisotopic (exact) mass is 427 g/mol. The zero-order valence-electron chi connectivity index (χ0n) is 15.3. The highest BCUT2D eigenvalue weighted by Crippen LogP contribution is 2.30. The molecule has 0 atom stereocenters. The molecule has 0 fully saturated rings. The molecule has 0 saturated carbocycles. The Morgan fingerprint density at radius 2 is 1.86 bits per heavy atom. The average molecular weight is 427 g/mol. The largest absolute Gasteiger partial charge is 0.416 e. The van der Waals surface area contributed by atoms with Gasteiger partial charge in [0.2, 0.25) is 5.91 Å². The first-order valence-corrected chi connectivity index (χ1v) is 9.69. The molecule has 1 heterocycles. The topological polar surface area (TPSA) is 91.3 Å². The van der Waals surface area contributed by atoms with Crippen LogP contribution in [0.25, 0.3) is 11.6 Å². The number of nitrogens with zero attached hydrogens (tertiary/aromatic N) is 1. The van der Waals surface area contributed by atoms with E-state index in [1.807, 2.05) is 0 Å². The second-order valence-electron chi connectivity index (χ2n) is 6.11. The molecule has 2 rings (SSSR count). The number of benzene rings is 1. The number of thiazole rings is 1. The van der Waals surface area contributed by atoms with Gasteiger partial charge in [0.15, 0.2) is 0 Å². The maximum atomic E-state index is 12.8. The molecule has 0 saturated heterocycles. The smallest absolute Gasteiger partial charge is 0.352 e. The second kappa shape index (κ2) is 10.7. The molecular weight excluding hydrogens is 407 g/mol. The lowest BCUT2D eigenvalue weighted by Gasteiger charge is -2.11. The summed E-state index contributed by atoms with van der Waals surface area (Å²) >= 11 is 1.30. The van der Waals surface area contributed by atoms with Crippen LogP contribution in [0.5, 0.6) is 0 Å². The Bertz CT molecular complexity index is 835. The highest BCUT2D eigenvalue weighted by atomic mass is 32.1. The molecule has 29 heavy (non-hydrogen) atoms. The number of hydroxylamine groups is 1. The van der Waals surface area contributed by atoms with E-state index in [9.17, 15) is 22.8 Å². The zero-order valence-corrected chi connectivity index (χ0v) is 16.1. The van der Waals surface area contributed by atoms with Gasteiger partial charge in [0.25, 0.3) is 5.91 Å². The number of hydrogen-bond donors (Lipinski definition) is 3. The molecule has 0 bridgehead atoms. The molecule has 156 valence electrons. The Balaban J connectivity index is 2.03. The van der Waals surface area contributed by atoms with Crippen molar-refractivity contribution in [3.05, 3.63) is 52.0 Å². The number of alkyl halides is 3. The van der Waals surface area contributed by atoms with Crippen LogP contribution in [-0.2, 0) is 15.8 Å². The summed E-state index contributed by atoms with van der Waals surface area (Å²) in [4.78, 5) is 27.6. The van der Waals surface area contributed by atoms with E-state index < -0.39 is 23.6 Å². The molecule has 0 radical (unpaired) electrons. The predicted molar refractivity (Wildman–Crippen MR) is 103 cm³/mol. The average Bonchev–Trinajstić information content (AvgIpc) is 3.21. The van der Waals surface area contributed by atoms with Crippen LogP contribution in [0.15, 0.2) is 35.8 Å². The van der Waals surface area contributed by atoms with Gasteiger partial charge < -0.3 is 5.32 Å². The van der Waals surface area contributed by atoms with Crippen molar-refractivity contribution in [2.24, 2.45) is 0 Å². The van der Waals surface area contributed by atoms with Gasteiger partial charge >= 0.3 is 6.18 Å². The summed E-state index contributed by atoms with van der Waals surface area (Å²) in [5, 5.41) is 13.4. The Labute approximate surface area is 169 Å². The minimum atomic E-state index is -4.45. The minimum Gasteiger partial charge on any atom is -0.352 e. The number of nitrogens with one attached hydrogen (secondary N) is 2. The molecule has 6 nitrogen and oxygen atoms in total. The lowest BCUT2D eigenvalue weighted by molar-refractivity contribution is -0.137. The normalized spacial score (nSPS) is 11.9. The number of aromatic nitrogens is 1. The van der Waals surface area contributed by atoms with Crippen molar-refractivity contribution in [2.75, 3.05) is 6.54 Å². The van der Waals surface area contributed by atoms with Crippen molar-refractivity contribution in [1.82, 2.24) is 15.8 Å². The van der Waals surface area contributed by atoms with E-state index in [4.69, 9.17) is 5.21 Å². The molecule has 0 aliphatic heterocycles. The number of halogens is 3. The number of unbranched alkanes of at least 4 members (excludes halogenated alkanes) is 2. The van der Waals surface area contributed by atoms with E-state index in [2.05, 4.69) is 10.3 Å². The summed E-state index contributed by atoms with van der Waals surface area (Å²) in [6, 6.07) is 4.39. The third-order valence-electron chi connectivity index (χ3n) is 3.98. The molecule has 1 aromatic heterocycles. The summed E-state index contributed by atoms with van der Waals surface area (Å²) < 4.78 is 38.4. The van der Waals surface area contributed by atoms with Crippen molar-refractivity contribution in [1.29, 1.82) is 0 Å². The van der Waals surface area contributed by atoms with E-state index in [-0.39, 0.29) is 12.0 Å². The van der Waals surface area contributed by atoms with Gasteiger partial charge in [-0.2, -0.15) is 13.2 Å². The molecule has 0 unspecified atom stereocenters. The fourth-order valence-electron chi connectivity index (χ4n) is 2.49. The van der Waals surface area contributed by atoms with E-state index in [1.165, 1.54) is 29.5 Å². The second-order valence-corrected chi connectivity index (χ2v) is 7.03. The molecular formula is C19H20F3N3O3S. The van der Waals surface area contributed by atoms with Gasteiger partial charge in [-0.1, -0.05) is 18.6 Å². The minimum absolute atomic E-state index is 0.186. The van der Waals surface area contributed by atoms with Gasteiger partial charge in [0, 0.05) is 30.1 Å².